The third-order valence-electron chi connectivity index (χ3n) is 4.63. The van der Waals surface area contributed by atoms with Gasteiger partial charge in [0.2, 0.25) is 10.0 Å². The highest BCUT2D eigenvalue weighted by atomic mass is 32.2. The van der Waals surface area contributed by atoms with E-state index in [0.717, 1.165) is 12.0 Å². The molecule has 3 rings (SSSR count). The third kappa shape index (κ3) is 3.86. The fourth-order valence-corrected chi connectivity index (χ4v) is 5.15. The van der Waals surface area contributed by atoms with Gasteiger partial charge in [-0.1, -0.05) is 31.2 Å². The van der Waals surface area contributed by atoms with Crippen LogP contribution in [-0.2, 0) is 16.4 Å². The minimum absolute atomic E-state index is 0.391. The smallest absolute Gasteiger partial charge is 0.243 e. The first-order valence-corrected chi connectivity index (χ1v) is 11.2. The molecule has 0 aromatic heterocycles. The molecule has 0 spiro atoms. The summed E-state index contributed by atoms with van der Waals surface area (Å²) in [7, 11) is -3.41. The molecule has 6 heteroatoms. The number of sulfonamides is 1. The van der Waals surface area contributed by atoms with Gasteiger partial charge in [0, 0.05) is 31.1 Å². The van der Waals surface area contributed by atoms with Crippen molar-refractivity contribution in [2.24, 2.45) is 0 Å². The molecular formula is C19H24N2O2S2. The van der Waals surface area contributed by atoms with Crippen LogP contribution in [0.5, 0.6) is 0 Å². The number of hydrogen-bond donors (Lipinski definition) is 0. The number of para-hydroxylation sites is 1. The quantitative estimate of drug-likeness (QED) is 0.749. The fourth-order valence-electron chi connectivity index (χ4n) is 3.11. The number of anilines is 1. The van der Waals surface area contributed by atoms with E-state index in [-0.39, 0.29) is 0 Å². The summed E-state index contributed by atoms with van der Waals surface area (Å²) in [6, 6.07) is 15.5. The Morgan fingerprint density at radius 2 is 1.60 bits per heavy atom. The van der Waals surface area contributed by atoms with Crippen molar-refractivity contribution in [3.05, 3.63) is 54.1 Å². The zero-order valence-electron chi connectivity index (χ0n) is 14.7. The molecule has 0 aliphatic carbocycles. The molecule has 134 valence electrons. The van der Waals surface area contributed by atoms with Crippen LogP contribution in [0.4, 0.5) is 5.69 Å². The molecule has 0 radical (unpaired) electrons. The normalized spacial score (nSPS) is 16.2. The monoisotopic (exact) mass is 376 g/mol. The molecule has 0 amide bonds. The molecule has 1 saturated heterocycles. The maximum Gasteiger partial charge on any atom is 0.243 e. The summed E-state index contributed by atoms with van der Waals surface area (Å²) in [5.74, 6) is 0. The number of rotatable bonds is 5. The van der Waals surface area contributed by atoms with E-state index in [9.17, 15) is 8.42 Å². The van der Waals surface area contributed by atoms with Crippen LogP contribution < -0.4 is 4.90 Å². The van der Waals surface area contributed by atoms with E-state index in [0.29, 0.717) is 31.1 Å². The molecule has 0 unspecified atom stereocenters. The van der Waals surface area contributed by atoms with Gasteiger partial charge >= 0.3 is 0 Å². The summed E-state index contributed by atoms with van der Waals surface area (Å²) in [4.78, 5) is 3.90. The lowest BCUT2D eigenvalue weighted by atomic mass is 10.2. The second kappa shape index (κ2) is 7.81. The molecule has 1 fully saturated rings. The van der Waals surface area contributed by atoms with Gasteiger partial charge in [-0.3, -0.25) is 0 Å². The van der Waals surface area contributed by atoms with E-state index >= 15 is 0 Å². The summed E-state index contributed by atoms with van der Waals surface area (Å²) in [6.07, 6.45) is 2.98. The first kappa shape index (κ1) is 18.3. The number of hydrogen-bond acceptors (Lipinski definition) is 4. The highest BCUT2D eigenvalue weighted by Gasteiger charge is 2.29. The van der Waals surface area contributed by atoms with Gasteiger partial charge in [0.1, 0.15) is 0 Å². The maximum atomic E-state index is 12.9. The average Bonchev–Trinajstić information content (AvgIpc) is 2.68. The van der Waals surface area contributed by atoms with Gasteiger partial charge in [0.25, 0.3) is 0 Å². The van der Waals surface area contributed by atoms with Crippen LogP contribution in [0.15, 0.2) is 58.3 Å². The Morgan fingerprint density at radius 3 is 2.20 bits per heavy atom. The van der Waals surface area contributed by atoms with Crippen LogP contribution in [0.25, 0.3) is 0 Å². The van der Waals surface area contributed by atoms with Crippen molar-refractivity contribution in [3.8, 4) is 0 Å². The van der Waals surface area contributed by atoms with Crippen LogP contribution in [0.3, 0.4) is 0 Å². The molecule has 0 N–H and O–H groups in total. The minimum atomic E-state index is -3.41. The highest BCUT2D eigenvalue weighted by molar-refractivity contribution is 7.98. The summed E-state index contributed by atoms with van der Waals surface area (Å²) in [5.41, 5.74) is 2.34. The van der Waals surface area contributed by atoms with E-state index in [2.05, 4.69) is 30.2 Å². The van der Waals surface area contributed by atoms with Crippen LogP contribution in [-0.4, -0.2) is 45.2 Å². The Hall–Kier alpha value is -1.50. The van der Waals surface area contributed by atoms with E-state index in [1.54, 1.807) is 28.2 Å². The van der Waals surface area contributed by atoms with Crippen molar-refractivity contribution in [2.75, 3.05) is 37.3 Å². The lowest BCUT2D eigenvalue weighted by Gasteiger charge is -2.36. The Balaban J connectivity index is 1.72. The SMILES string of the molecule is CCc1ccc(S(=O)(=O)N2CCN(c3ccccc3SC)CC2)cc1. The first-order chi connectivity index (χ1) is 12.1. The van der Waals surface area contributed by atoms with Gasteiger partial charge in [-0.15, -0.1) is 11.8 Å². The zero-order chi connectivity index (χ0) is 17.9. The zero-order valence-corrected chi connectivity index (χ0v) is 16.3. The fraction of sp³-hybridized carbons (Fsp3) is 0.368. The lowest BCUT2D eigenvalue weighted by Crippen LogP contribution is -2.48. The van der Waals surface area contributed by atoms with Gasteiger partial charge < -0.3 is 4.90 Å². The largest absolute Gasteiger partial charge is 0.368 e. The highest BCUT2D eigenvalue weighted by Crippen LogP contribution is 2.29. The van der Waals surface area contributed by atoms with E-state index in [1.807, 2.05) is 24.3 Å². The van der Waals surface area contributed by atoms with Gasteiger partial charge in [-0.25, -0.2) is 8.42 Å². The van der Waals surface area contributed by atoms with Gasteiger partial charge in [0.05, 0.1) is 10.6 Å². The van der Waals surface area contributed by atoms with Crippen molar-refractivity contribution in [3.63, 3.8) is 0 Å². The number of aryl methyl sites for hydroxylation is 1. The molecule has 0 atom stereocenters. The molecule has 0 bridgehead atoms. The summed E-state index contributed by atoms with van der Waals surface area (Å²) < 4.78 is 27.3. The summed E-state index contributed by atoms with van der Waals surface area (Å²) >= 11 is 1.72. The number of benzene rings is 2. The van der Waals surface area contributed by atoms with E-state index in [4.69, 9.17) is 0 Å². The van der Waals surface area contributed by atoms with Crippen LogP contribution in [0, 0.1) is 0 Å². The van der Waals surface area contributed by atoms with E-state index < -0.39 is 10.0 Å². The molecule has 0 saturated carbocycles. The number of nitrogens with zero attached hydrogens (tertiary/aromatic N) is 2. The van der Waals surface area contributed by atoms with Gasteiger partial charge in [0.15, 0.2) is 0 Å². The second-order valence-electron chi connectivity index (χ2n) is 6.06. The van der Waals surface area contributed by atoms with Crippen LogP contribution in [0.1, 0.15) is 12.5 Å². The molecular weight excluding hydrogens is 352 g/mol. The van der Waals surface area contributed by atoms with Crippen LogP contribution >= 0.6 is 11.8 Å². The Labute approximate surface area is 154 Å². The van der Waals surface area contributed by atoms with Crippen molar-refractivity contribution >= 4 is 27.5 Å². The maximum absolute atomic E-state index is 12.9. The predicted octanol–water partition coefficient (Wildman–Crippen LogP) is 3.48. The van der Waals surface area contributed by atoms with Crippen molar-refractivity contribution in [1.82, 2.24) is 4.31 Å². The summed E-state index contributed by atoms with van der Waals surface area (Å²) in [6.45, 7) is 4.52. The topological polar surface area (TPSA) is 40.6 Å². The molecule has 1 aliphatic heterocycles. The first-order valence-electron chi connectivity index (χ1n) is 8.53. The minimum Gasteiger partial charge on any atom is -0.368 e. The van der Waals surface area contributed by atoms with Crippen LogP contribution in [0.2, 0.25) is 0 Å². The Kier molecular flexibility index (Phi) is 5.71. The van der Waals surface area contributed by atoms with E-state index in [1.165, 1.54) is 10.6 Å². The van der Waals surface area contributed by atoms with Crippen molar-refractivity contribution in [2.45, 2.75) is 23.1 Å². The number of thioether (sulfide) groups is 1. The molecule has 2 aromatic carbocycles. The van der Waals surface area contributed by atoms with Crippen molar-refractivity contribution in [1.29, 1.82) is 0 Å². The Morgan fingerprint density at radius 1 is 0.960 bits per heavy atom. The average molecular weight is 377 g/mol. The van der Waals surface area contributed by atoms with Gasteiger partial charge in [-0.2, -0.15) is 4.31 Å². The third-order valence-corrected chi connectivity index (χ3v) is 7.33. The Bertz CT molecular complexity index is 812. The second-order valence-corrected chi connectivity index (χ2v) is 8.85. The van der Waals surface area contributed by atoms with Crippen molar-refractivity contribution < 1.29 is 8.42 Å². The summed E-state index contributed by atoms with van der Waals surface area (Å²) in [5, 5.41) is 0. The molecule has 25 heavy (non-hydrogen) atoms. The predicted molar refractivity (Wildman–Crippen MR) is 105 cm³/mol. The van der Waals surface area contributed by atoms with Gasteiger partial charge in [-0.05, 0) is 42.5 Å². The molecule has 1 aliphatic rings. The number of piperazine rings is 1. The standard InChI is InChI=1S/C19H24N2O2S2/c1-3-16-8-10-17(11-9-16)25(22,23)21-14-12-20(13-15-21)18-6-4-5-7-19(18)24-2/h4-11H,3,12-15H2,1-2H3. The molecule has 2 aromatic rings. The molecule has 1 heterocycles. The lowest BCUT2D eigenvalue weighted by molar-refractivity contribution is 0.384. The molecule has 4 nitrogen and oxygen atoms in total.